The minimum atomic E-state index is -4.06. The summed E-state index contributed by atoms with van der Waals surface area (Å²) in [5, 5.41) is 51.1. The van der Waals surface area contributed by atoms with E-state index >= 15 is 0 Å². The lowest BCUT2D eigenvalue weighted by Gasteiger charge is -2.39. The van der Waals surface area contributed by atoms with Crippen LogP contribution in [0, 0.1) is 0 Å². The van der Waals surface area contributed by atoms with Gasteiger partial charge in [-0.05, 0) is 25.7 Å². The fraction of sp³-hybridized carbons (Fsp3) is 0.957. The van der Waals surface area contributed by atoms with Gasteiger partial charge in [0, 0.05) is 19.6 Å². The predicted octanol–water partition coefficient (Wildman–Crippen LogP) is -0.151. The Balaban J connectivity index is 1.93. The zero-order valence-electron chi connectivity index (χ0n) is 20.9. The lowest BCUT2D eigenvalue weighted by Crippen LogP contribution is -2.59. The SMILES string of the molecule is O=C(CCCCCCC(O)CCCCCCCOC1O[C@H](CO)[C@@H](O)[C@H](O)[C@H]1O)NCCS(=O)(=O)O. The Kier molecular flexibility index (Phi) is 16.9. The van der Waals surface area contributed by atoms with Crippen LogP contribution in [0.15, 0.2) is 0 Å². The first-order valence-corrected chi connectivity index (χ1v) is 14.5. The molecule has 214 valence electrons. The molecular formula is C23H45NO11S. The van der Waals surface area contributed by atoms with Gasteiger partial charge in [-0.1, -0.05) is 44.9 Å². The Morgan fingerprint density at radius 1 is 0.889 bits per heavy atom. The molecule has 12 nitrogen and oxygen atoms in total. The van der Waals surface area contributed by atoms with Crippen LogP contribution in [-0.4, -0.2) is 107 Å². The second kappa shape index (κ2) is 18.4. The average molecular weight is 544 g/mol. The maximum Gasteiger partial charge on any atom is 0.266 e. The van der Waals surface area contributed by atoms with Gasteiger partial charge in [0.2, 0.25) is 5.91 Å². The van der Waals surface area contributed by atoms with E-state index in [1.54, 1.807) is 0 Å². The quantitative estimate of drug-likeness (QED) is 0.0794. The number of carbonyl (C=O) groups excluding carboxylic acids is 1. The van der Waals surface area contributed by atoms with Gasteiger partial charge in [-0.15, -0.1) is 0 Å². The average Bonchev–Trinajstić information content (AvgIpc) is 2.81. The van der Waals surface area contributed by atoms with E-state index in [4.69, 9.17) is 14.0 Å². The topological polar surface area (TPSA) is 203 Å². The molecular weight excluding hydrogens is 498 g/mol. The fourth-order valence-electron chi connectivity index (χ4n) is 3.99. The second-order valence-electron chi connectivity index (χ2n) is 9.37. The molecule has 0 saturated carbocycles. The van der Waals surface area contributed by atoms with E-state index in [9.17, 15) is 38.7 Å². The van der Waals surface area contributed by atoms with Crippen LogP contribution in [0.25, 0.3) is 0 Å². The molecule has 0 spiro atoms. The number of nitrogens with one attached hydrogen (secondary N) is 1. The first-order chi connectivity index (χ1) is 17.0. The zero-order chi connectivity index (χ0) is 27.0. The summed E-state index contributed by atoms with van der Waals surface area (Å²) in [5.41, 5.74) is 0. The summed E-state index contributed by atoms with van der Waals surface area (Å²) in [6.07, 6.45) is 2.95. The predicted molar refractivity (Wildman–Crippen MR) is 131 cm³/mol. The number of aliphatic hydroxyl groups excluding tert-OH is 5. The summed E-state index contributed by atoms with van der Waals surface area (Å²) >= 11 is 0. The highest BCUT2D eigenvalue weighted by Crippen LogP contribution is 2.22. The van der Waals surface area contributed by atoms with Crippen molar-refractivity contribution in [1.29, 1.82) is 0 Å². The molecule has 1 aliphatic rings. The fourth-order valence-corrected chi connectivity index (χ4v) is 4.35. The molecule has 2 unspecified atom stereocenters. The summed E-state index contributed by atoms with van der Waals surface area (Å²) in [6.45, 7) is -0.267. The van der Waals surface area contributed by atoms with Crippen LogP contribution in [-0.2, 0) is 24.4 Å². The van der Waals surface area contributed by atoms with E-state index in [0.717, 1.165) is 57.8 Å². The minimum Gasteiger partial charge on any atom is -0.394 e. The van der Waals surface area contributed by atoms with Gasteiger partial charge in [0.25, 0.3) is 10.1 Å². The normalized spacial score (nSPS) is 25.6. The van der Waals surface area contributed by atoms with E-state index in [0.29, 0.717) is 25.9 Å². The molecule has 1 heterocycles. The van der Waals surface area contributed by atoms with Crippen molar-refractivity contribution >= 4 is 16.0 Å². The third kappa shape index (κ3) is 14.7. The maximum atomic E-state index is 11.6. The number of hydrogen-bond donors (Lipinski definition) is 7. The van der Waals surface area contributed by atoms with Crippen molar-refractivity contribution < 1.29 is 52.8 Å². The van der Waals surface area contributed by atoms with Gasteiger partial charge >= 0.3 is 0 Å². The van der Waals surface area contributed by atoms with Gasteiger partial charge in [-0.3, -0.25) is 9.35 Å². The van der Waals surface area contributed by atoms with Crippen molar-refractivity contribution in [3.05, 3.63) is 0 Å². The van der Waals surface area contributed by atoms with Gasteiger partial charge in [0.15, 0.2) is 6.29 Å². The number of carbonyl (C=O) groups is 1. The van der Waals surface area contributed by atoms with E-state index in [1.807, 2.05) is 0 Å². The van der Waals surface area contributed by atoms with Crippen molar-refractivity contribution in [3.8, 4) is 0 Å². The molecule has 13 heteroatoms. The summed E-state index contributed by atoms with van der Waals surface area (Å²) < 4.78 is 40.5. The van der Waals surface area contributed by atoms with Crippen LogP contribution in [0.5, 0.6) is 0 Å². The van der Waals surface area contributed by atoms with Crippen LogP contribution >= 0.6 is 0 Å². The van der Waals surface area contributed by atoms with Gasteiger partial charge in [0.05, 0.1) is 18.5 Å². The monoisotopic (exact) mass is 543 g/mol. The molecule has 0 bridgehead atoms. The molecule has 36 heavy (non-hydrogen) atoms. The molecule has 0 radical (unpaired) electrons. The van der Waals surface area contributed by atoms with Crippen molar-refractivity contribution in [1.82, 2.24) is 5.32 Å². The number of amides is 1. The lowest BCUT2D eigenvalue weighted by molar-refractivity contribution is -0.301. The van der Waals surface area contributed by atoms with Crippen molar-refractivity contribution in [2.45, 2.75) is 114 Å². The molecule has 0 aromatic heterocycles. The Labute approximate surface area is 213 Å². The molecule has 1 fully saturated rings. The molecule has 1 saturated heterocycles. The van der Waals surface area contributed by atoms with Crippen molar-refractivity contribution in [2.75, 3.05) is 25.5 Å². The number of ether oxygens (including phenoxy) is 2. The lowest BCUT2D eigenvalue weighted by atomic mass is 9.99. The number of hydrogen-bond acceptors (Lipinski definition) is 10. The van der Waals surface area contributed by atoms with Gasteiger partial charge in [-0.2, -0.15) is 8.42 Å². The molecule has 6 atom stereocenters. The maximum absolute atomic E-state index is 11.6. The van der Waals surface area contributed by atoms with E-state index in [1.165, 1.54) is 0 Å². The van der Waals surface area contributed by atoms with Gasteiger partial charge < -0.3 is 40.3 Å². The molecule has 0 aliphatic carbocycles. The van der Waals surface area contributed by atoms with Crippen molar-refractivity contribution in [3.63, 3.8) is 0 Å². The highest BCUT2D eigenvalue weighted by Gasteiger charge is 2.43. The summed E-state index contributed by atoms with van der Waals surface area (Å²) in [4.78, 5) is 11.6. The molecule has 1 rings (SSSR count). The molecule has 1 amide bonds. The first-order valence-electron chi connectivity index (χ1n) is 12.9. The summed E-state index contributed by atoms with van der Waals surface area (Å²) in [6, 6.07) is 0. The first kappa shape index (κ1) is 33.1. The number of aliphatic hydroxyl groups is 5. The highest BCUT2D eigenvalue weighted by molar-refractivity contribution is 7.85. The second-order valence-corrected chi connectivity index (χ2v) is 10.9. The standard InChI is InChI=1S/C23H45NO11S/c25-16-18-20(28)21(29)22(30)23(35-18)34-14-9-5-1-2-6-10-17(26)11-7-3-4-8-12-19(27)24-13-15-36(31,32)33/h17-18,20-23,25-26,28-30H,1-16H2,(H,24,27)(H,31,32,33)/t17?,18-,20-,21+,22-,23?/m1/s1. The Bertz CT molecular complexity index is 692. The minimum absolute atomic E-state index is 0.0974. The largest absolute Gasteiger partial charge is 0.394 e. The molecule has 7 N–H and O–H groups in total. The van der Waals surface area contributed by atoms with Gasteiger partial charge in [0.1, 0.15) is 24.4 Å². The molecule has 0 aromatic rings. The van der Waals surface area contributed by atoms with Crippen LogP contribution in [0.2, 0.25) is 0 Å². The highest BCUT2D eigenvalue weighted by atomic mass is 32.2. The molecule has 0 aromatic carbocycles. The van der Waals surface area contributed by atoms with E-state index in [-0.39, 0.29) is 18.6 Å². The van der Waals surface area contributed by atoms with Crippen LogP contribution in [0.3, 0.4) is 0 Å². The van der Waals surface area contributed by atoms with Crippen LogP contribution < -0.4 is 5.32 Å². The number of rotatable bonds is 20. The Hall–Kier alpha value is -0.900. The summed E-state index contributed by atoms with van der Waals surface area (Å²) in [7, 11) is -4.06. The smallest absolute Gasteiger partial charge is 0.266 e. The van der Waals surface area contributed by atoms with E-state index in [2.05, 4.69) is 5.32 Å². The third-order valence-corrected chi connectivity index (χ3v) is 6.91. The summed E-state index contributed by atoms with van der Waals surface area (Å²) in [5.74, 6) is -0.726. The third-order valence-electron chi connectivity index (χ3n) is 6.19. The van der Waals surface area contributed by atoms with Crippen molar-refractivity contribution in [2.24, 2.45) is 0 Å². The Morgan fingerprint density at radius 2 is 1.47 bits per heavy atom. The zero-order valence-corrected chi connectivity index (χ0v) is 21.7. The van der Waals surface area contributed by atoms with Gasteiger partial charge in [-0.25, -0.2) is 0 Å². The van der Waals surface area contributed by atoms with E-state index < -0.39 is 53.2 Å². The van der Waals surface area contributed by atoms with Crippen LogP contribution in [0.4, 0.5) is 0 Å². The molecule has 1 aliphatic heterocycles. The van der Waals surface area contributed by atoms with Crippen LogP contribution in [0.1, 0.15) is 77.0 Å². The Morgan fingerprint density at radius 3 is 2.08 bits per heavy atom. The number of unbranched alkanes of at least 4 members (excludes halogenated alkanes) is 7.